The molecule has 2 aliphatic carbocycles. The van der Waals surface area contributed by atoms with Crippen molar-refractivity contribution in [2.75, 3.05) is 6.61 Å². The summed E-state index contributed by atoms with van der Waals surface area (Å²) in [7, 11) is 0. The lowest BCUT2D eigenvalue weighted by molar-refractivity contribution is 0.179. The smallest absolute Gasteiger partial charge is 0.0474 e. The third-order valence-electron chi connectivity index (χ3n) is 5.06. The van der Waals surface area contributed by atoms with Gasteiger partial charge in [-0.15, -0.1) is 0 Å². The third kappa shape index (κ3) is 3.45. The molecule has 0 aliphatic heterocycles. The normalized spacial score (nSPS) is 38.8. The van der Waals surface area contributed by atoms with E-state index < -0.39 is 0 Å². The first-order valence-corrected chi connectivity index (χ1v) is 7.57. The topological polar surface area (TPSA) is 32.3 Å². The minimum absolute atomic E-state index is 0.374. The van der Waals surface area contributed by atoms with E-state index in [4.69, 9.17) is 0 Å². The number of hydrogen-bond acceptors (Lipinski definition) is 2. The number of aliphatic hydroxyl groups is 1. The summed E-state index contributed by atoms with van der Waals surface area (Å²) < 4.78 is 0. The van der Waals surface area contributed by atoms with Crippen LogP contribution in [0.2, 0.25) is 0 Å². The second-order valence-electron chi connectivity index (χ2n) is 6.50. The minimum Gasteiger partial charge on any atom is -0.396 e. The monoisotopic (exact) mass is 239 g/mol. The van der Waals surface area contributed by atoms with Crippen LogP contribution in [0, 0.1) is 17.8 Å². The van der Waals surface area contributed by atoms with Crippen molar-refractivity contribution in [2.45, 2.75) is 70.9 Å². The van der Waals surface area contributed by atoms with Gasteiger partial charge in [0, 0.05) is 18.7 Å². The van der Waals surface area contributed by atoms with Crippen LogP contribution in [-0.2, 0) is 0 Å². The maximum absolute atomic E-state index is 9.34. The summed E-state index contributed by atoms with van der Waals surface area (Å²) in [5.41, 5.74) is 0. The fourth-order valence-electron chi connectivity index (χ4n) is 3.73. The Morgan fingerprint density at radius 2 is 1.76 bits per heavy atom. The van der Waals surface area contributed by atoms with Crippen LogP contribution < -0.4 is 5.32 Å². The van der Waals surface area contributed by atoms with Gasteiger partial charge < -0.3 is 10.4 Å². The lowest BCUT2D eigenvalue weighted by Gasteiger charge is -2.34. The Labute approximate surface area is 106 Å². The van der Waals surface area contributed by atoms with Crippen LogP contribution in [0.5, 0.6) is 0 Å². The van der Waals surface area contributed by atoms with Gasteiger partial charge in [0.05, 0.1) is 0 Å². The van der Waals surface area contributed by atoms with E-state index in [1.807, 2.05) is 0 Å². The minimum atomic E-state index is 0.374. The molecule has 0 bridgehead atoms. The van der Waals surface area contributed by atoms with Crippen molar-refractivity contribution >= 4 is 0 Å². The van der Waals surface area contributed by atoms with Gasteiger partial charge in [0.1, 0.15) is 0 Å². The second-order valence-corrected chi connectivity index (χ2v) is 6.50. The average Bonchev–Trinajstić information content (AvgIpc) is 2.77. The summed E-state index contributed by atoms with van der Waals surface area (Å²) in [6.45, 7) is 5.09. The number of hydrogen-bond donors (Lipinski definition) is 2. The zero-order chi connectivity index (χ0) is 12.3. The predicted octanol–water partition coefficient (Wildman–Crippen LogP) is 2.95. The number of nitrogens with one attached hydrogen (secondary N) is 1. The van der Waals surface area contributed by atoms with Gasteiger partial charge in [0.25, 0.3) is 0 Å². The molecule has 2 rings (SSSR count). The van der Waals surface area contributed by atoms with E-state index in [0.29, 0.717) is 18.6 Å². The van der Waals surface area contributed by atoms with Crippen LogP contribution >= 0.6 is 0 Å². The highest BCUT2D eigenvalue weighted by atomic mass is 16.3. The van der Waals surface area contributed by atoms with Gasteiger partial charge in [-0.3, -0.25) is 0 Å². The molecule has 0 aromatic carbocycles. The molecule has 0 aromatic heterocycles. The van der Waals surface area contributed by atoms with Gasteiger partial charge in [0.2, 0.25) is 0 Å². The fraction of sp³-hybridized carbons (Fsp3) is 1.00. The van der Waals surface area contributed by atoms with Crippen molar-refractivity contribution in [3.05, 3.63) is 0 Å². The molecule has 2 heteroatoms. The molecule has 0 aromatic rings. The van der Waals surface area contributed by atoms with Crippen molar-refractivity contribution in [1.29, 1.82) is 0 Å². The predicted molar refractivity (Wildman–Crippen MR) is 71.9 cm³/mol. The highest BCUT2D eigenvalue weighted by Crippen LogP contribution is 2.32. The Bertz CT molecular complexity index is 221. The maximum Gasteiger partial charge on any atom is 0.0474 e. The van der Waals surface area contributed by atoms with E-state index in [-0.39, 0.29) is 0 Å². The quantitative estimate of drug-likeness (QED) is 0.790. The molecule has 2 atom stereocenters. The molecule has 0 heterocycles. The van der Waals surface area contributed by atoms with Crippen molar-refractivity contribution in [3.8, 4) is 0 Å². The van der Waals surface area contributed by atoms with E-state index >= 15 is 0 Å². The molecule has 0 radical (unpaired) electrons. The Hall–Kier alpha value is -0.0800. The Morgan fingerprint density at radius 1 is 1.06 bits per heavy atom. The fourth-order valence-corrected chi connectivity index (χ4v) is 3.73. The first-order valence-electron chi connectivity index (χ1n) is 7.57. The van der Waals surface area contributed by atoms with Gasteiger partial charge in [-0.25, -0.2) is 0 Å². The summed E-state index contributed by atoms with van der Waals surface area (Å²) in [6.07, 6.45) is 9.27. The van der Waals surface area contributed by atoms with Gasteiger partial charge in [-0.05, 0) is 56.3 Å². The summed E-state index contributed by atoms with van der Waals surface area (Å²) in [5.74, 6) is 2.33. The first kappa shape index (κ1) is 13.4. The van der Waals surface area contributed by atoms with Gasteiger partial charge >= 0.3 is 0 Å². The average molecular weight is 239 g/mol. The van der Waals surface area contributed by atoms with Crippen LogP contribution in [0.15, 0.2) is 0 Å². The third-order valence-corrected chi connectivity index (χ3v) is 5.06. The molecular weight excluding hydrogens is 210 g/mol. The number of aliphatic hydroxyl groups excluding tert-OH is 1. The SMILES string of the molecule is CC(C)C1CCC(NC2CCCC2CO)CC1. The van der Waals surface area contributed by atoms with E-state index in [1.165, 1.54) is 44.9 Å². The van der Waals surface area contributed by atoms with Crippen LogP contribution in [0.25, 0.3) is 0 Å². The molecule has 2 unspecified atom stereocenters. The van der Waals surface area contributed by atoms with Crippen molar-refractivity contribution in [3.63, 3.8) is 0 Å². The molecule has 0 amide bonds. The number of rotatable bonds is 4. The molecule has 0 spiro atoms. The lowest BCUT2D eigenvalue weighted by Crippen LogP contribution is -2.43. The van der Waals surface area contributed by atoms with Crippen molar-refractivity contribution < 1.29 is 5.11 Å². The molecule has 2 fully saturated rings. The molecule has 100 valence electrons. The summed E-state index contributed by atoms with van der Waals surface area (Å²) in [5, 5.41) is 13.2. The zero-order valence-corrected chi connectivity index (χ0v) is 11.5. The van der Waals surface area contributed by atoms with E-state index in [1.54, 1.807) is 0 Å². The Balaban J connectivity index is 1.74. The highest BCUT2D eigenvalue weighted by molar-refractivity contribution is 4.87. The summed E-state index contributed by atoms with van der Waals surface area (Å²) >= 11 is 0. The van der Waals surface area contributed by atoms with E-state index in [9.17, 15) is 5.11 Å². The Kier molecular flexibility index (Phi) is 4.87. The van der Waals surface area contributed by atoms with Gasteiger partial charge in [0.15, 0.2) is 0 Å². The molecular formula is C15H29NO. The summed E-state index contributed by atoms with van der Waals surface area (Å²) in [4.78, 5) is 0. The molecule has 2 N–H and O–H groups in total. The largest absolute Gasteiger partial charge is 0.396 e. The van der Waals surface area contributed by atoms with E-state index in [2.05, 4.69) is 19.2 Å². The van der Waals surface area contributed by atoms with Crippen LogP contribution in [0.1, 0.15) is 58.8 Å². The van der Waals surface area contributed by atoms with Crippen LogP contribution in [0.4, 0.5) is 0 Å². The van der Waals surface area contributed by atoms with Gasteiger partial charge in [-0.2, -0.15) is 0 Å². The zero-order valence-electron chi connectivity index (χ0n) is 11.5. The maximum atomic E-state index is 9.34. The molecule has 2 saturated carbocycles. The molecule has 2 aliphatic rings. The molecule has 0 saturated heterocycles. The van der Waals surface area contributed by atoms with Crippen molar-refractivity contribution in [2.24, 2.45) is 17.8 Å². The van der Waals surface area contributed by atoms with Crippen LogP contribution in [-0.4, -0.2) is 23.8 Å². The standard InChI is InChI=1S/C15H29NO/c1-11(2)12-6-8-14(9-7-12)16-15-5-3-4-13(15)10-17/h11-17H,3-10H2,1-2H3. The Morgan fingerprint density at radius 3 is 2.35 bits per heavy atom. The van der Waals surface area contributed by atoms with Crippen LogP contribution in [0.3, 0.4) is 0 Å². The van der Waals surface area contributed by atoms with Gasteiger partial charge in [-0.1, -0.05) is 20.3 Å². The first-order chi connectivity index (χ1) is 8.20. The molecule has 2 nitrogen and oxygen atoms in total. The second kappa shape index (κ2) is 6.19. The molecule has 17 heavy (non-hydrogen) atoms. The highest BCUT2D eigenvalue weighted by Gasteiger charge is 2.30. The van der Waals surface area contributed by atoms with Crippen molar-refractivity contribution in [1.82, 2.24) is 5.32 Å². The summed E-state index contributed by atoms with van der Waals surface area (Å²) in [6, 6.07) is 1.32. The lowest BCUT2D eigenvalue weighted by atomic mass is 9.79. The van der Waals surface area contributed by atoms with E-state index in [0.717, 1.165) is 17.9 Å².